The summed E-state index contributed by atoms with van der Waals surface area (Å²) in [6.07, 6.45) is 3.83. The first kappa shape index (κ1) is 12.0. The highest BCUT2D eigenvalue weighted by atomic mass is 32.2. The molecular formula is C11H20N2O2S. The molecule has 16 heavy (non-hydrogen) atoms. The van der Waals surface area contributed by atoms with Gasteiger partial charge in [-0.15, -0.1) is 0 Å². The van der Waals surface area contributed by atoms with Gasteiger partial charge in [-0.2, -0.15) is 0 Å². The zero-order valence-corrected chi connectivity index (χ0v) is 10.4. The van der Waals surface area contributed by atoms with Crippen LogP contribution in [0.25, 0.3) is 0 Å². The molecule has 92 valence electrons. The maximum absolute atomic E-state index is 11.9. The first-order valence-electron chi connectivity index (χ1n) is 6.12. The Kier molecular flexibility index (Phi) is 4.35. The summed E-state index contributed by atoms with van der Waals surface area (Å²) in [6.45, 7) is 1.84. The van der Waals surface area contributed by atoms with E-state index in [-0.39, 0.29) is 17.9 Å². The second kappa shape index (κ2) is 5.77. The predicted octanol–water partition coefficient (Wildman–Crippen LogP) is 0.0133. The Morgan fingerprint density at radius 1 is 1.25 bits per heavy atom. The van der Waals surface area contributed by atoms with E-state index in [1.807, 2.05) is 0 Å². The normalized spacial score (nSPS) is 35.6. The van der Waals surface area contributed by atoms with Crippen molar-refractivity contribution in [2.45, 2.75) is 31.7 Å². The molecule has 0 spiro atoms. The van der Waals surface area contributed by atoms with Crippen LogP contribution in [0.5, 0.6) is 0 Å². The quantitative estimate of drug-likeness (QED) is 0.719. The highest BCUT2D eigenvalue weighted by Gasteiger charge is 2.25. The monoisotopic (exact) mass is 244 g/mol. The fourth-order valence-electron chi connectivity index (χ4n) is 2.33. The Labute approximate surface area is 99.0 Å². The van der Waals surface area contributed by atoms with Gasteiger partial charge in [0.1, 0.15) is 0 Å². The Bertz CT molecular complexity index is 267. The van der Waals surface area contributed by atoms with Crippen LogP contribution in [-0.2, 0) is 15.6 Å². The van der Waals surface area contributed by atoms with Gasteiger partial charge < -0.3 is 10.6 Å². The average Bonchev–Trinajstić information content (AvgIpc) is 2.33. The summed E-state index contributed by atoms with van der Waals surface area (Å²) in [5.41, 5.74) is 0. The van der Waals surface area contributed by atoms with Crippen molar-refractivity contribution < 1.29 is 9.00 Å². The molecule has 0 aliphatic carbocycles. The van der Waals surface area contributed by atoms with Gasteiger partial charge in [0.05, 0.1) is 5.92 Å². The first-order chi connectivity index (χ1) is 7.75. The highest BCUT2D eigenvalue weighted by molar-refractivity contribution is 7.85. The molecule has 0 unspecified atom stereocenters. The summed E-state index contributed by atoms with van der Waals surface area (Å²) in [5.74, 6) is 1.81. The van der Waals surface area contributed by atoms with Crippen molar-refractivity contribution in [2.24, 2.45) is 5.92 Å². The number of nitrogens with one attached hydrogen (secondary N) is 2. The first-order valence-corrected chi connectivity index (χ1v) is 7.60. The number of carbonyl (C=O) groups excluding carboxylic acids is 1. The Hall–Kier alpha value is -0.420. The highest BCUT2D eigenvalue weighted by Crippen LogP contribution is 2.13. The molecule has 0 bridgehead atoms. The van der Waals surface area contributed by atoms with Crippen LogP contribution < -0.4 is 10.6 Å². The zero-order valence-electron chi connectivity index (χ0n) is 9.54. The van der Waals surface area contributed by atoms with Gasteiger partial charge in [0.2, 0.25) is 5.91 Å². The summed E-state index contributed by atoms with van der Waals surface area (Å²) >= 11 is 0. The average molecular weight is 244 g/mol. The molecule has 2 N–H and O–H groups in total. The van der Waals surface area contributed by atoms with E-state index in [2.05, 4.69) is 10.6 Å². The minimum absolute atomic E-state index is 0.140. The standard InChI is InChI=1S/C11H20N2O2S/c14-11(9-2-1-5-12-8-9)13-10-3-6-16(15)7-4-10/h9-10,12H,1-8H2,(H,13,14)/t9-,10?,16?/m0/s1. The minimum Gasteiger partial charge on any atom is -0.353 e. The third-order valence-electron chi connectivity index (χ3n) is 3.40. The van der Waals surface area contributed by atoms with Crippen LogP contribution >= 0.6 is 0 Å². The van der Waals surface area contributed by atoms with Gasteiger partial charge in [-0.25, -0.2) is 0 Å². The van der Waals surface area contributed by atoms with Gasteiger partial charge in [0.15, 0.2) is 0 Å². The van der Waals surface area contributed by atoms with Gasteiger partial charge in [0.25, 0.3) is 0 Å². The molecular weight excluding hydrogens is 224 g/mol. The molecule has 0 radical (unpaired) electrons. The third-order valence-corrected chi connectivity index (χ3v) is 4.78. The lowest BCUT2D eigenvalue weighted by Gasteiger charge is -2.27. The number of amides is 1. The van der Waals surface area contributed by atoms with Crippen LogP contribution in [0.1, 0.15) is 25.7 Å². The number of hydrogen-bond donors (Lipinski definition) is 2. The fraction of sp³-hybridized carbons (Fsp3) is 0.909. The van der Waals surface area contributed by atoms with E-state index < -0.39 is 10.8 Å². The van der Waals surface area contributed by atoms with Crippen LogP contribution in [0.15, 0.2) is 0 Å². The fourth-order valence-corrected chi connectivity index (χ4v) is 3.63. The minimum atomic E-state index is -0.644. The summed E-state index contributed by atoms with van der Waals surface area (Å²) in [5, 5.41) is 6.35. The molecule has 1 amide bonds. The lowest BCUT2D eigenvalue weighted by molar-refractivity contribution is -0.126. The number of hydrogen-bond acceptors (Lipinski definition) is 3. The van der Waals surface area contributed by atoms with Gasteiger partial charge in [0, 0.05) is 34.9 Å². The van der Waals surface area contributed by atoms with Crippen molar-refractivity contribution in [1.29, 1.82) is 0 Å². The van der Waals surface area contributed by atoms with Crippen LogP contribution in [-0.4, -0.2) is 40.8 Å². The lowest BCUT2D eigenvalue weighted by Crippen LogP contribution is -2.46. The van der Waals surface area contributed by atoms with E-state index in [9.17, 15) is 9.00 Å². The maximum atomic E-state index is 11.9. The molecule has 2 fully saturated rings. The Morgan fingerprint density at radius 2 is 2.00 bits per heavy atom. The number of rotatable bonds is 2. The van der Waals surface area contributed by atoms with E-state index >= 15 is 0 Å². The van der Waals surface area contributed by atoms with Gasteiger partial charge in [-0.05, 0) is 32.2 Å². The van der Waals surface area contributed by atoms with E-state index in [4.69, 9.17) is 0 Å². The van der Waals surface area contributed by atoms with Crippen molar-refractivity contribution >= 4 is 16.7 Å². The molecule has 5 heteroatoms. The molecule has 2 aliphatic heterocycles. The third kappa shape index (κ3) is 3.28. The second-order valence-electron chi connectivity index (χ2n) is 4.67. The van der Waals surface area contributed by atoms with Crippen molar-refractivity contribution in [3.05, 3.63) is 0 Å². The number of carbonyl (C=O) groups is 1. The summed E-state index contributed by atoms with van der Waals surface area (Å²) in [7, 11) is -0.644. The largest absolute Gasteiger partial charge is 0.353 e. The van der Waals surface area contributed by atoms with E-state index in [1.165, 1.54) is 0 Å². The molecule has 0 aromatic heterocycles. The van der Waals surface area contributed by atoms with Crippen LogP contribution in [0.3, 0.4) is 0 Å². The molecule has 4 nitrogen and oxygen atoms in total. The molecule has 0 saturated carbocycles. The summed E-state index contributed by atoms with van der Waals surface area (Å²) in [6, 6.07) is 0.257. The lowest BCUT2D eigenvalue weighted by atomic mass is 9.98. The molecule has 2 saturated heterocycles. The van der Waals surface area contributed by atoms with Crippen molar-refractivity contribution in [2.75, 3.05) is 24.6 Å². The van der Waals surface area contributed by atoms with E-state index in [0.29, 0.717) is 0 Å². The van der Waals surface area contributed by atoms with Crippen LogP contribution in [0.2, 0.25) is 0 Å². The SMILES string of the molecule is O=C(NC1CCS(=O)CC1)[C@H]1CCCNC1. The Balaban J connectivity index is 1.75. The molecule has 2 rings (SSSR count). The van der Waals surface area contributed by atoms with Crippen molar-refractivity contribution in [3.63, 3.8) is 0 Å². The summed E-state index contributed by atoms with van der Waals surface area (Å²) in [4.78, 5) is 11.9. The number of piperidine rings is 1. The molecule has 0 aromatic rings. The van der Waals surface area contributed by atoms with Gasteiger partial charge >= 0.3 is 0 Å². The van der Waals surface area contributed by atoms with Crippen LogP contribution in [0.4, 0.5) is 0 Å². The van der Waals surface area contributed by atoms with Crippen molar-refractivity contribution in [1.82, 2.24) is 10.6 Å². The zero-order chi connectivity index (χ0) is 11.4. The molecule has 2 heterocycles. The maximum Gasteiger partial charge on any atom is 0.224 e. The molecule has 0 aromatic carbocycles. The predicted molar refractivity (Wildman–Crippen MR) is 64.6 cm³/mol. The van der Waals surface area contributed by atoms with Crippen molar-refractivity contribution in [3.8, 4) is 0 Å². The molecule has 2 aliphatic rings. The van der Waals surface area contributed by atoms with Gasteiger partial charge in [-0.1, -0.05) is 0 Å². The van der Waals surface area contributed by atoms with Crippen LogP contribution in [0, 0.1) is 5.92 Å². The van der Waals surface area contributed by atoms with Gasteiger partial charge in [-0.3, -0.25) is 9.00 Å². The van der Waals surface area contributed by atoms with E-state index in [1.54, 1.807) is 0 Å². The summed E-state index contributed by atoms with van der Waals surface area (Å²) < 4.78 is 11.2. The topological polar surface area (TPSA) is 58.2 Å². The Morgan fingerprint density at radius 3 is 2.62 bits per heavy atom. The van der Waals surface area contributed by atoms with E-state index in [0.717, 1.165) is 50.3 Å². The molecule has 1 atom stereocenters. The second-order valence-corrected chi connectivity index (χ2v) is 6.37. The smallest absolute Gasteiger partial charge is 0.224 e.